The Hall–Kier alpha value is -1.63. The molecule has 0 saturated heterocycles. The lowest BCUT2D eigenvalue weighted by Gasteiger charge is -2.21. The van der Waals surface area contributed by atoms with Crippen LogP contribution in [0, 0.1) is 35.5 Å². The molecule has 0 spiro atoms. The second-order valence-corrected chi connectivity index (χ2v) is 18.6. The maximum atomic E-state index is 12.8. The van der Waals surface area contributed by atoms with Crippen LogP contribution in [-0.2, 0) is 28.6 Å². The van der Waals surface area contributed by atoms with Crippen molar-refractivity contribution in [2.45, 2.75) is 229 Å². The molecule has 332 valence electrons. The van der Waals surface area contributed by atoms with E-state index in [1.807, 2.05) is 0 Å². The molecule has 0 aromatic rings. The van der Waals surface area contributed by atoms with Gasteiger partial charge in [-0.3, -0.25) is 14.4 Å². The normalized spacial score (nSPS) is 13.6. The van der Waals surface area contributed by atoms with Gasteiger partial charge in [0.05, 0.1) is 13.2 Å². The topological polar surface area (TPSA) is 82.1 Å². The highest BCUT2D eigenvalue weighted by molar-refractivity contribution is 5.70. The molecule has 0 aromatic carbocycles. The summed E-state index contributed by atoms with van der Waals surface area (Å²) in [5.41, 5.74) is 0. The Balaban J connectivity index is 4.35. The van der Waals surface area contributed by atoms with Crippen LogP contribution in [0.5, 0.6) is 0 Å². The maximum absolute atomic E-state index is 12.8. The minimum atomic E-state index is -0.0372. The first kappa shape index (κ1) is 54.4. The molecule has 7 nitrogen and oxygen atoms in total. The SMILES string of the molecule is CCN(CC)CCCC(=O)OC(CCCCCCCCCC(=O)OCC(CCC(C)C)C(C)C)CCCCCCCCCC(=O)OCC(CCC(C)C)C(C)C. The third-order valence-electron chi connectivity index (χ3n) is 11.9. The van der Waals surface area contributed by atoms with Gasteiger partial charge in [-0.15, -0.1) is 0 Å². The summed E-state index contributed by atoms with van der Waals surface area (Å²) in [7, 11) is 0. The number of unbranched alkanes of at least 4 members (excludes halogenated alkanes) is 12. The summed E-state index contributed by atoms with van der Waals surface area (Å²) < 4.78 is 17.4. The number of hydrogen-bond donors (Lipinski definition) is 0. The summed E-state index contributed by atoms with van der Waals surface area (Å²) in [6, 6.07) is 0. The number of rotatable bonds is 39. The summed E-state index contributed by atoms with van der Waals surface area (Å²) in [5, 5.41) is 0. The van der Waals surface area contributed by atoms with E-state index in [0.29, 0.717) is 68.0 Å². The zero-order valence-electron chi connectivity index (χ0n) is 38.9. The van der Waals surface area contributed by atoms with Crippen molar-refractivity contribution in [2.24, 2.45) is 35.5 Å². The minimum Gasteiger partial charge on any atom is -0.465 e. The highest BCUT2D eigenvalue weighted by Crippen LogP contribution is 2.23. The first-order valence-corrected chi connectivity index (χ1v) is 24.0. The second-order valence-electron chi connectivity index (χ2n) is 18.6. The fraction of sp³-hybridized carbons (Fsp3) is 0.939. The Morgan fingerprint density at radius 2 is 0.786 bits per heavy atom. The lowest BCUT2D eigenvalue weighted by molar-refractivity contribution is -0.150. The predicted molar refractivity (Wildman–Crippen MR) is 237 cm³/mol. The van der Waals surface area contributed by atoms with Gasteiger partial charge in [0.25, 0.3) is 0 Å². The van der Waals surface area contributed by atoms with Crippen LogP contribution in [0.25, 0.3) is 0 Å². The summed E-state index contributed by atoms with van der Waals surface area (Å²) >= 11 is 0. The molecule has 56 heavy (non-hydrogen) atoms. The van der Waals surface area contributed by atoms with Crippen molar-refractivity contribution in [3.63, 3.8) is 0 Å². The summed E-state index contributed by atoms with van der Waals surface area (Å²) in [6.07, 6.45) is 24.5. The van der Waals surface area contributed by atoms with Crippen LogP contribution in [0.15, 0.2) is 0 Å². The van der Waals surface area contributed by atoms with Gasteiger partial charge < -0.3 is 19.1 Å². The lowest BCUT2D eigenvalue weighted by atomic mass is 9.89. The Morgan fingerprint density at radius 3 is 1.14 bits per heavy atom. The third-order valence-corrected chi connectivity index (χ3v) is 11.9. The van der Waals surface area contributed by atoms with Crippen LogP contribution < -0.4 is 0 Å². The van der Waals surface area contributed by atoms with Gasteiger partial charge in [0.2, 0.25) is 0 Å². The van der Waals surface area contributed by atoms with E-state index in [9.17, 15) is 14.4 Å². The number of ether oxygens (including phenoxy) is 3. The third kappa shape index (κ3) is 33.4. The molecule has 0 aliphatic rings. The van der Waals surface area contributed by atoms with E-state index in [1.54, 1.807) is 0 Å². The Labute approximate surface area is 348 Å². The monoisotopic (exact) mass is 794 g/mol. The van der Waals surface area contributed by atoms with Crippen LogP contribution >= 0.6 is 0 Å². The summed E-state index contributed by atoms with van der Waals surface area (Å²) in [6.45, 7) is 26.4. The van der Waals surface area contributed by atoms with Gasteiger partial charge in [-0.25, -0.2) is 0 Å². The fourth-order valence-electron chi connectivity index (χ4n) is 7.40. The fourth-order valence-corrected chi connectivity index (χ4v) is 7.40. The van der Waals surface area contributed by atoms with Crippen molar-refractivity contribution >= 4 is 17.9 Å². The molecule has 0 aromatic heterocycles. The zero-order valence-corrected chi connectivity index (χ0v) is 38.9. The molecule has 2 atom stereocenters. The van der Waals surface area contributed by atoms with Crippen molar-refractivity contribution < 1.29 is 28.6 Å². The molecule has 2 unspecified atom stereocenters. The van der Waals surface area contributed by atoms with E-state index in [-0.39, 0.29) is 24.0 Å². The standard InChI is InChI=1S/C49H95NO6/c1-11-50(12-2)37-27-32-49(53)56-46(28-23-19-15-13-17-21-25-30-47(51)54-38-44(42(7)8)35-33-40(3)4)29-24-20-16-14-18-22-26-31-48(52)55-39-45(43(9)10)36-34-41(5)6/h40-46H,11-39H2,1-10H3. The summed E-state index contributed by atoms with van der Waals surface area (Å²) in [4.78, 5) is 39.8. The van der Waals surface area contributed by atoms with Crippen LogP contribution in [0.1, 0.15) is 223 Å². The van der Waals surface area contributed by atoms with Gasteiger partial charge in [0, 0.05) is 19.3 Å². The van der Waals surface area contributed by atoms with Gasteiger partial charge in [0.15, 0.2) is 0 Å². The average Bonchev–Trinajstić information content (AvgIpc) is 3.14. The number of carbonyl (C=O) groups is 3. The van der Waals surface area contributed by atoms with E-state index in [4.69, 9.17) is 14.2 Å². The van der Waals surface area contributed by atoms with E-state index >= 15 is 0 Å². The molecular weight excluding hydrogens is 699 g/mol. The quantitative estimate of drug-likeness (QED) is 0.0348. The largest absolute Gasteiger partial charge is 0.465 e. The average molecular weight is 794 g/mol. The zero-order chi connectivity index (χ0) is 42.0. The first-order valence-electron chi connectivity index (χ1n) is 24.0. The maximum Gasteiger partial charge on any atom is 0.306 e. The smallest absolute Gasteiger partial charge is 0.306 e. The van der Waals surface area contributed by atoms with E-state index in [1.165, 1.54) is 38.5 Å². The van der Waals surface area contributed by atoms with E-state index in [0.717, 1.165) is 116 Å². The van der Waals surface area contributed by atoms with Crippen molar-refractivity contribution in [3.05, 3.63) is 0 Å². The van der Waals surface area contributed by atoms with Crippen LogP contribution in [0.2, 0.25) is 0 Å². The van der Waals surface area contributed by atoms with Crippen molar-refractivity contribution in [1.29, 1.82) is 0 Å². The van der Waals surface area contributed by atoms with Gasteiger partial charge in [-0.05, 0) is 113 Å². The van der Waals surface area contributed by atoms with E-state index in [2.05, 4.69) is 74.1 Å². The molecule has 0 amide bonds. The highest BCUT2D eigenvalue weighted by Gasteiger charge is 2.18. The number of esters is 3. The molecular formula is C49H95NO6. The van der Waals surface area contributed by atoms with Crippen LogP contribution in [0.4, 0.5) is 0 Å². The van der Waals surface area contributed by atoms with Crippen LogP contribution in [0.3, 0.4) is 0 Å². The molecule has 0 aliphatic heterocycles. The van der Waals surface area contributed by atoms with Gasteiger partial charge in [0.1, 0.15) is 6.10 Å². The van der Waals surface area contributed by atoms with Crippen molar-refractivity contribution in [1.82, 2.24) is 4.90 Å². The molecule has 0 N–H and O–H groups in total. The molecule has 7 heteroatoms. The van der Waals surface area contributed by atoms with Crippen molar-refractivity contribution in [2.75, 3.05) is 32.8 Å². The minimum absolute atomic E-state index is 0.0225. The molecule has 0 aliphatic carbocycles. The molecule has 0 rings (SSSR count). The molecule has 0 saturated carbocycles. The Bertz CT molecular complexity index is 872. The lowest BCUT2D eigenvalue weighted by Crippen LogP contribution is -2.25. The molecule has 0 fully saturated rings. The predicted octanol–water partition coefficient (Wildman–Crippen LogP) is 13.5. The highest BCUT2D eigenvalue weighted by atomic mass is 16.5. The molecule has 0 bridgehead atoms. The Kier molecular flexibility index (Phi) is 35.4. The first-order chi connectivity index (χ1) is 26.8. The molecule has 0 heterocycles. The van der Waals surface area contributed by atoms with Gasteiger partial charge >= 0.3 is 17.9 Å². The van der Waals surface area contributed by atoms with Crippen LogP contribution in [-0.4, -0.2) is 61.8 Å². The second kappa shape index (κ2) is 36.4. The number of carbonyl (C=O) groups excluding carboxylic acids is 3. The van der Waals surface area contributed by atoms with Gasteiger partial charge in [-0.1, -0.05) is 146 Å². The summed E-state index contributed by atoms with van der Waals surface area (Å²) in [5.74, 6) is 3.25. The van der Waals surface area contributed by atoms with E-state index < -0.39 is 0 Å². The van der Waals surface area contributed by atoms with Gasteiger partial charge in [-0.2, -0.15) is 0 Å². The van der Waals surface area contributed by atoms with Crippen molar-refractivity contribution in [3.8, 4) is 0 Å². The Morgan fingerprint density at radius 1 is 0.429 bits per heavy atom. The molecule has 0 radical (unpaired) electrons. The number of hydrogen-bond acceptors (Lipinski definition) is 7. The number of nitrogens with zero attached hydrogens (tertiary/aromatic N) is 1.